The number of rotatable bonds is 7. The minimum Gasteiger partial charge on any atom is -0.488 e. The van der Waals surface area contributed by atoms with Gasteiger partial charge in [0.25, 0.3) is 15.9 Å². The third-order valence-electron chi connectivity index (χ3n) is 5.45. The third-order valence-corrected chi connectivity index (χ3v) is 6.84. The average molecular weight is 466 g/mol. The topological polar surface area (TPSA) is 108 Å². The van der Waals surface area contributed by atoms with Crippen LogP contribution in [-0.2, 0) is 10.0 Å². The van der Waals surface area contributed by atoms with Gasteiger partial charge in [-0.2, -0.15) is 0 Å². The summed E-state index contributed by atoms with van der Waals surface area (Å²) in [6.07, 6.45) is -0.234. The number of ether oxygens (including phenoxy) is 1. The second-order valence-corrected chi connectivity index (χ2v) is 9.63. The molecule has 0 bridgehead atoms. The Morgan fingerprint density at radius 3 is 2.56 bits per heavy atom. The lowest BCUT2D eigenvalue weighted by atomic mass is 9.99. The number of sulfonamides is 1. The molecule has 1 aliphatic rings. The summed E-state index contributed by atoms with van der Waals surface area (Å²) in [5.74, 6) is -0.581. The van der Waals surface area contributed by atoms with Crippen molar-refractivity contribution in [3.05, 3.63) is 53.8 Å². The van der Waals surface area contributed by atoms with Crippen molar-refractivity contribution in [2.75, 3.05) is 31.5 Å². The first-order valence-electron chi connectivity index (χ1n) is 10.3. The van der Waals surface area contributed by atoms with Crippen LogP contribution < -0.4 is 14.8 Å². The molecular formula is C22H28FN3O5S. The zero-order valence-electron chi connectivity index (χ0n) is 18.2. The van der Waals surface area contributed by atoms with Crippen molar-refractivity contribution in [1.82, 2.24) is 10.2 Å². The summed E-state index contributed by atoms with van der Waals surface area (Å²) in [6.45, 7) is 4.44. The molecule has 1 amide bonds. The number of likely N-dealkylation sites (N-methyl/N-ethyl adjacent to an activating group) is 1. The Bertz CT molecular complexity index is 1060. The van der Waals surface area contributed by atoms with Gasteiger partial charge in [-0.15, -0.1) is 0 Å². The van der Waals surface area contributed by atoms with Crippen molar-refractivity contribution < 1.29 is 27.4 Å². The highest BCUT2D eigenvalue weighted by Gasteiger charge is 2.33. The molecule has 10 heteroatoms. The lowest BCUT2D eigenvalue weighted by Gasteiger charge is -2.37. The summed E-state index contributed by atoms with van der Waals surface area (Å²) in [5, 5.41) is 12.8. The van der Waals surface area contributed by atoms with Crippen LogP contribution in [0.15, 0.2) is 47.4 Å². The molecule has 1 aliphatic heterocycles. The molecule has 2 aromatic rings. The largest absolute Gasteiger partial charge is 0.488 e. The Kier molecular flexibility index (Phi) is 7.37. The molecule has 3 rings (SSSR count). The first kappa shape index (κ1) is 24.0. The zero-order chi connectivity index (χ0) is 23.5. The lowest BCUT2D eigenvalue weighted by Crippen LogP contribution is -2.49. The third kappa shape index (κ3) is 5.20. The summed E-state index contributed by atoms with van der Waals surface area (Å²) in [6, 6.07) is 8.50. The van der Waals surface area contributed by atoms with Crippen molar-refractivity contribution >= 4 is 21.6 Å². The Hall–Kier alpha value is -2.69. The normalized spacial score (nSPS) is 20.0. The molecule has 0 aromatic heterocycles. The fourth-order valence-corrected chi connectivity index (χ4v) is 4.61. The lowest BCUT2D eigenvalue weighted by molar-refractivity contribution is 0.0416. The van der Waals surface area contributed by atoms with Gasteiger partial charge in [0.1, 0.15) is 17.7 Å². The molecule has 1 heterocycles. The van der Waals surface area contributed by atoms with Crippen LogP contribution in [0.2, 0.25) is 0 Å². The summed E-state index contributed by atoms with van der Waals surface area (Å²) in [5.41, 5.74) is 0.359. The van der Waals surface area contributed by atoms with Gasteiger partial charge in [-0.1, -0.05) is 6.92 Å². The number of hydrogen-bond donors (Lipinski definition) is 3. The van der Waals surface area contributed by atoms with Crippen LogP contribution in [0.4, 0.5) is 10.1 Å². The highest BCUT2D eigenvalue weighted by Crippen LogP contribution is 2.31. The maximum absolute atomic E-state index is 13.3. The highest BCUT2D eigenvalue weighted by molar-refractivity contribution is 7.92. The molecule has 0 unspecified atom stereocenters. The van der Waals surface area contributed by atoms with E-state index in [0.717, 1.165) is 24.3 Å². The fraction of sp³-hybridized carbons (Fsp3) is 0.409. The second kappa shape index (κ2) is 9.85. The number of carbonyl (C=O) groups is 1. The summed E-state index contributed by atoms with van der Waals surface area (Å²) < 4.78 is 47.1. The van der Waals surface area contributed by atoms with Crippen LogP contribution in [0, 0.1) is 11.7 Å². The summed E-state index contributed by atoms with van der Waals surface area (Å²) in [4.78, 5) is 14.8. The Morgan fingerprint density at radius 1 is 1.25 bits per heavy atom. The molecule has 0 saturated heterocycles. The molecule has 0 aliphatic carbocycles. The summed E-state index contributed by atoms with van der Waals surface area (Å²) in [7, 11) is -2.18. The van der Waals surface area contributed by atoms with E-state index in [1.54, 1.807) is 17.9 Å². The Labute approximate surface area is 187 Å². The monoisotopic (exact) mass is 465 g/mol. The van der Waals surface area contributed by atoms with Gasteiger partial charge in [-0.05, 0) is 56.4 Å². The van der Waals surface area contributed by atoms with E-state index in [2.05, 4.69) is 10.0 Å². The number of aliphatic hydroxyl groups excluding tert-OH is 1. The second-order valence-electron chi connectivity index (χ2n) is 7.95. The molecule has 3 N–H and O–H groups in total. The number of anilines is 1. The number of aliphatic hydroxyl groups is 1. The molecule has 2 aromatic carbocycles. The predicted molar refractivity (Wildman–Crippen MR) is 119 cm³/mol. The predicted octanol–water partition coefficient (Wildman–Crippen LogP) is 2.07. The number of halogens is 1. The number of nitrogens with one attached hydrogen (secondary N) is 2. The van der Waals surface area contributed by atoms with Crippen molar-refractivity contribution in [3.63, 3.8) is 0 Å². The van der Waals surface area contributed by atoms with Crippen LogP contribution in [0.3, 0.4) is 0 Å². The number of carbonyl (C=O) groups excluding carboxylic acids is 1. The molecule has 8 nitrogen and oxygen atoms in total. The first-order chi connectivity index (χ1) is 15.2. The van der Waals surface area contributed by atoms with Crippen LogP contribution in [0.1, 0.15) is 24.2 Å². The Balaban J connectivity index is 1.99. The van der Waals surface area contributed by atoms with E-state index in [-0.39, 0.29) is 40.7 Å². The molecule has 174 valence electrons. The van der Waals surface area contributed by atoms with Gasteiger partial charge < -0.3 is 20.1 Å². The van der Waals surface area contributed by atoms with E-state index in [1.165, 1.54) is 12.1 Å². The van der Waals surface area contributed by atoms with Crippen molar-refractivity contribution in [3.8, 4) is 5.75 Å². The van der Waals surface area contributed by atoms with E-state index in [1.807, 2.05) is 14.0 Å². The van der Waals surface area contributed by atoms with E-state index in [9.17, 15) is 22.7 Å². The Morgan fingerprint density at radius 2 is 1.94 bits per heavy atom. The van der Waals surface area contributed by atoms with E-state index in [4.69, 9.17) is 4.74 Å². The number of nitrogens with zero attached hydrogens (tertiary/aromatic N) is 1. The highest BCUT2D eigenvalue weighted by atomic mass is 32.2. The molecular weight excluding hydrogens is 437 g/mol. The van der Waals surface area contributed by atoms with Gasteiger partial charge in [0.2, 0.25) is 0 Å². The standard InChI is InChI=1S/C22H28FN3O5S/c1-14-12-26(15(2)13-27)22(28)19-10-17(6-9-20(19)31-21(14)11-24-3)25-32(29,30)18-7-4-16(23)5-8-18/h4-10,14-15,21,24-25,27H,11-13H2,1-3H3/t14-,15+,21+/m0/s1. The SMILES string of the molecule is CNC[C@H]1Oc2ccc(NS(=O)(=O)c3ccc(F)cc3)cc2C(=O)N([C@H](C)CO)C[C@@H]1C. The van der Waals surface area contributed by atoms with Gasteiger partial charge in [0, 0.05) is 24.7 Å². The number of hydrogen-bond acceptors (Lipinski definition) is 6. The maximum Gasteiger partial charge on any atom is 0.261 e. The molecule has 32 heavy (non-hydrogen) atoms. The maximum atomic E-state index is 13.3. The van der Waals surface area contributed by atoms with Crippen LogP contribution in [0.25, 0.3) is 0 Å². The van der Waals surface area contributed by atoms with Gasteiger partial charge in [-0.25, -0.2) is 12.8 Å². The minimum absolute atomic E-state index is 0.00907. The molecule has 0 saturated carbocycles. The first-order valence-corrected chi connectivity index (χ1v) is 11.8. The van der Waals surface area contributed by atoms with Crippen molar-refractivity contribution in [1.29, 1.82) is 0 Å². The van der Waals surface area contributed by atoms with E-state index < -0.39 is 21.9 Å². The quantitative estimate of drug-likeness (QED) is 0.578. The van der Waals surface area contributed by atoms with Gasteiger partial charge >= 0.3 is 0 Å². The molecule has 3 atom stereocenters. The number of fused-ring (bicyclic) bond motifs is 1. The number of amides is 1. The van der Waals surface area contributed by atoms with E-state index >= 15 is 0 Å². The van der Waals surface area contributed by atoms with Crippen molar-refractivity contribution in [2.24, 2.45) is 5.92 Å². The fourth-order valence-electron chi connectivity index (χ4n) is 3.56. The molecule has 0 spiro atoms. The van der Waals surface area contributed by atoms with E-state index in [0.29, 0.717) is 18.8 Å². The van der Waals surface area contributed by atoms with Crippen LogP contribution >= 0.6 is 0 Å². The van der Waals surface area contributed by atoms with Crippen LogP contribution in [0.5, 0.6) is 5.75 Å². The zero-order valence-corrected chi connectivity index (χ0v) is 19.0. The van der Waals surface area contributed by atoms with Gasteiger partial charge in [0.15, 0.2) is 0 Å². The number of benzene rings is 2. The van der Waals surface area contributed by atoms with Crippen LogP contribution in [-0.4, -0.2) is 63.2 Å². The van der Waals surface area contributed by atoms with Gasteiger partial charge in [-0.3, -0.25) is 9.52 Å². The average Bonchev–Trinajstić information content (AvgIpc) is 2.76. The summed E-state index contributed by atoms with van der Waals surface area (Å²) >= 11 is 0. The van der Waals surface area contributed by atoms with Gasteiger partial charge in [0.05, 0.1) is 23.1 Å². The minimum atomic E-state index is -3.99. The molecule has 0 radical (unpaired) electrons. The van der Waals surface area contributed by atoms with Crippen molar-refractivity contribution in [2.45, 2.75) is 30.9 Å². The smallest absolute Gasteiger partial charge is 0.261 e. The molecule has 0 fully saturated rings.